The summed E-state index contributed by atoms with van der Waals surface area (Å²) in [6.07, 6.45) is 6.01. The third kappa shape index (κ3) is 6.19. The number of ether oxygens (including phenoxy) is 1. The molecule has 1 amide bonds. The summed E-state index contributed by atoms with van der Waals surface area (Å²) in [4.78, 5) is 11.7. The molecule has 0 unspecified atom stereocenters. The minimum Gasteiger partial charge on any atom is -0.484 e. The van der Waals surface area contributed by atoms with Gasteiger partial charge < -0.3 is 10.1 Å². The fourth-order valence-electron chi connectivity index (χ4n) is 2.31. The highest BCUT2D eigenvalue weighted by Crippen LogP contribution is 2.17. The van der Waals surface area contributed by atoms with Gasteiger partial charge in [0.1, 0.15) is 5.75 Å². The molecule has 5 nitrogen and oxygen atoms in total. The number of halogens is 1. The lowest BCUT2D eigenvalue weighted by molar-refractivity contribution is -0.123. The highest BCUT2D eigenvalue weighted by molar-refractivity contribution is 9.10. The molecule has 0 radical (unpaired) electrons. The van der Waals surface area contributed by atoms with Crippen LogP contribution in [0.4, 0.5) is 0 Å². The second-order valence-corrected chi connectivity index (χ2v) is 6.55. The van der Waals surface area contributed by atoms with Gasteiger partial charge in [-0.3, -0.25) is 15.6 Å². The normalized spacial score (nSPS) is 15.0. The summed E-state index contributed by atoms with van der Waals surface area (Å²) in [5.74, 6) is 0.358. The van der Waals surface area contributed by atoms with Gasteiger partial charge in [-0.25, -0.2) is 0 Å². The SMILES string of the molecule is O=C(COc1ccc(Br)cc1)NNC(=S)NC1CCCCC1. The summed E-state index contributed by atoms with van der Waals surface area (Å²) in [6.45, 7) is -0.0688. The minimum absolute atomic E-state index is 0.0688. The number of thiocarbonyl (C=S) groups is 1. The summed E-state index contributed by atoms with van der Waals surface area (Å²) in [5, 5.41) is 3.66. The Hall–Kier alpha value is -1.34. The van der Waals surface area contributed by atoms with Gasteiger partial charge in [0.2, 0.25) is 0 Å². The van der Waals surface area contributed by atoms with Crippen LogP contribution in [0.25, 0.3) is 0 Å². The molecule has 1 fully saturated rings. The number of rotatable bonds is 4. The quantitative estimate of drug-likeness (QED) is 0.549. The first-order valence-corrected chi connectivity index (χ1v) is 8.57. The second-order valence-electron chi connectivity index (χ2n) is 5.22. The van der Waals surface area contributed by atoms with E-state index >= 15 is 0 Å². The molecule has 1 aromatic carbocycles. The fourth-order valence-corrected chi connectivity index (χ4v) is 2.79. The van der Waals surface area contributed by atoms with Crippen LogP contribution in [0.2, 0.25) is 0 Å². The first-order chi connectivity index (χ1) is 10.6. The Kier molecular flexibility index (Phi) is 6.92. The molecule has 22 heavy (non-hydrogen) atoms. The summed E-state index contributed by atoms with van der Waals surface area (Å²) >= 11 is 8.50. The summed E-state index contributed by atoms with van der Waals surface area (Å²) < 4.78 is 6.33. The zero-order valence-corrected chi connectivity index (χ0v) is 14.6. The van der Waals surface area contributed by atoms with Crippen LogP contribution < -0.4 is 20.9 Å². The van der Waals surface area contributed by atoms with Crippen molar-refractivity contribution in [2.24, 2.45) is 0 Å². The van der Waals surface area contributed by atoms with Crippen molar-refractivity contribution in [1.82, 2.24) is 16.2 Å². The Morgan fingerprint density at radius 3 is 2.55 bits per heavy atom. The number of amides is 1. The number of nitrogens with one attached hydrogen (secondary N) is 3. The zero-order chi connectivity index (χ0) is 15.8. The smallest absolute Gasteiger partial charge is 0.276 e. The number of hydrogen-bond acceptors (Lipinski definition) is 3. The van der Waals surface area contributed by atoms with Gasteiger partial charge >= 0.3 is 0 Å². The molecule has 1 aliphatic carbocycles. The lowest BCUT2D eigenvalue weighted by Gasteiger charge is -2.24. The summed E-state index contributed by atoms with van der Waals surface area (Å²) in [6, 6.07) is 7.70. The Morgan fingerprint density at radius 2 is 1.86 bits per heavy atom. The van der Waals surface area contributed by atoms with Gasteiger partial charge in [-0.1, -0.05) is 35.2 Å². The summed E-state index contributed by atoms with van der Waals surface area (Å²) in [7, 11) is 0. The maximum absolute atomic E-state index is 11.7. The maximum Gasteiger partial charge on any atom is 0.276 e. The van der Waals surface area contributed by atoms with Crippen molar-refractivity contribution in [3.05, 3.63) is 28.7 Å². The van der Waals surface area contributed by atoms with Gasteiger partial charge in [0.25, 0.3) is 5.91 Å². The van der Waals surface area contributed by atoms with Crippen molar-refractivity contribution in [3.8, 4) is 5.75 Å². The van der Waals surface area contributed by atoms with E-state index in [0.29, 0.717) is 16.9 Å². The van der Waals surface area contributed by atoms with Crippen LogP contribution in [0.15, 0.2) is 28.7 Å². The van der Waals surface area contributed by atoms with Crippen molar-refractivity contribution < 1.29 is 9.53 Å². The maximum atomic E-state index is 11.7. The molecular formula is C15H20BrN3O2S. The number of hydrazine groups is 1. The molecule has 3 N–H and O–H groups in total. The van der Waals surface area contributed by atoms with E-state index in [2.05, 4.69) is 32.1 Å². The molecule has 0 heterocycles. The number of carbonyl (C=O) groups excluding carboxylic acids is 1. The predicted molar refractivity (Wildman–Crippen MR) is 93.5 cm³/mol. The van der Waals surface area contributed by atoms with Crippen molar-refractivity contribution in [1.29, 1.82) is 0 Å². The van der Waals surface area contributed by atoms with Gasteiger partial charge in [-0.2, -0.15) is 0 Å². The molecule has 1 saturated carbocycles. The molecule has 120 valence electrons. The van der Waals surface area contributed by atoms with Crippen LogP contribution in [0, 0.1) is 0 Å². The first kappa shape index (κ1) is 17.0. The topological polar surface area (TPSA) is 62.4 Å². The average Bonchev–Trinajstić information content (AvgIpc) is 2.53. The zero-order valence-electron chi connectivity index (χ0n) is 12.2. The van der Waals surface area contributed by atoms with Crippen molar-refractivity contribution in [3.63, 3.8) is 0 Å². The predicted octanol–water partition coefficient (Wildman–Crippen LogP) is 2.66. The van der Waals surface area contributed by atoms with Crippen LogP contribution in [0.5, 0.6) is 5.75 Å². The molecular weight excluding hydrogens is 366 g/mol. The number of carbonyl (C=O) groups is 1. The molecule has 0 saturated heterocycles. The van der Waals surface area contributed by atoms with E-state index in [-0.39, 0.29) is 12.5 Å². The lowest BCUT2D eigenvalue weighted by atomic mass is 9.96. The highest BCUT2D eigenvalue weighted by Gasteiger charge is 2.14. The van der Waals surface area contributed by atoms with Crippen LogP contribution in [0.3, 0.4) is 0 Å². The highest BCUT2D eigenvalue weighted by atomic mass is 79.9. The molecule has 7 heteroatoms. The average molecular weight is 386 g/mol. The van der Waals surface area contributed by atoms with Crippen molar-refractivity contribution in [2.75, 3.05) is 6.61 Å². The first-order valence-electron chi connectivity index (χ1n) is 7.37. The third-order valence-corrected chi connectivity index (χ3v) is 4.19. The van der Waals surface area contributed by atoms with Crippen LogP contribution in [0.1, 0.15) is 32.1 Å². The molecule has 1 aromatic rings. The van der Waals surface area contributed by atoms with Crippen LogP contribution in [-0.4, -0.2) is 23.7 Å². The van der Waals surface area contributed by atoms with Gasteiger partial charge in [0.05, 0.1) is 0 Å². The van der Waals surface area contributed by atoms with Crippen LogP contribution >= 0.6 is 28.1 Å². The Labute approximate surface area is 144 Å². The number of benzene rings is 1. The molecule has 0 aliphatic heterocycles. The molecule has 0 atom stereocenters. The van der Waals surface area contributed by atoms with Gasteiger partial charge in [0.15, 0.2) is 11.7 Å². The second kappa shape index (κ2) is 8.95. The third-order valence-electron chi connectivity index (χ3n) is 3.44. The molecule has 0 spiro atoms. The standard InChI is InChI=1S/C15H20BrN3O2S/c16-11-6-8-13(9-7-11)21-10-14(20)18-19-15(22)17-12-4-2-1-3-5-12/h6-9,12H,1-5,10H2,(H,18,20)(H2,17,19,22). The monoisotopic (exact) mass is 385 g/mol. The minimum atomic E-state index is -0.282. The molecule has 2 rings (SSSR count). The molecule has 0 aromatic heterocycles. The van der Waals surface area contributed by atoms with E-state index in [4.69, 9.17) is 17.0 Å². The van der Waals surface area contributed by atoms with Crippen molar-refractivity contribution in [2.45, 2.75) is 38.1 Å². The lowest BCUT2D eigenvalue weighted by Crippen LogP contribution is -2.51. The van der Waals surface area contributed by atoms with E-state index in [1.165, 1.54) is 19.3 Å². The fraction of sp³-hybridized carbons (Fsp3) is 0.467. The summed E-state index contributed by atoms with van der Waals surface area (Å²) in [5.41, 5.74) is 5.24. The van der Waals surface area contributed by atoms with Gasteiger partial charge in [-0.15, -0.1) is 0 Å². The molecule has 1 aliphatic rings. The van der Waals surface area contributed by atoms with Crippen molar-refractivity contribution >= 4 is 39.2 Å². The van der Waals surface area contributed by atoms with Gasteiger partial charge in [0, 0.05) is 10.5 Å². The molecule has 0 bridgehead atoms. The van der Waals surface area contributed by atoms with E-state index in [9.17, 15) is 4.79 Å². The van der Waals surface area contributed by atoms with E-state index in [0.717, 1.165) is 17.3 Å². The Balaban J connectivity index is 1.62. The van der Waals surface area contributed by atoms with Crippen LogP contribution in [-0.2, 0) is 4.79 Å². The van der Waals surface area contributed by atoms with E-state index < -0.39 is 0 Å². The Morgan fingerprint density at radius 1 is 1.18 bits per heavy atom. The largest absolute Gasteiger partial charge is 0.484 e. The number of hydrogen-bond donors (Lipinski definition) is 3. The van der Waals surface area contributed by atoms with E-state index in [1.807, 2.05) is 12.1 Å². The Bertz CT molecular complexity index is 504. The van der Waals surface area contributed by atoms with E-state index in [1.54, 1.807) is 12.1 Å². The van der Waals surface area contributed by atoms with Gasteiger partial charge in [-0.05, 0) is 49.3 Å².